The molecule has 3 aromatic rings. The van der Waals surface area contributed by atoms with E-state index in [2.05, 4.69) is 199 Å². The third kappa shape index (κ3) is 15.5. The third-order valence-corrected chi connectivity index (χ3v) is 9.52. The maximum atomic E-state index is 7.50. The minimum absolute atomic E-state index is 0. The first kappa shape index (κ1) is 52.3. The first-order chi connectivity index (χ1) is 23.6. The van der Waals surface area contributed by atoms with Gasteiger partial charge in [-0.2, -0.15) is 0 Å². The number of hydrogen-bond acceptors (Lipinski definition) is 3. The average Bonchev–Trinajstić information content (AvgIpc) is 3.01. The van der Waals surface area contributed by atoms with Crippen LogP contribution in [0.2, 0.25) is 0 Å². The molecular formula is C45H63NiO6P. The molecule has 3 aromatic carbocycles. The SMILES string of the molecule is CC(C)(C)c1ccc(OP(Oc2ccc(C(C)(C)C)cc2C(C)(C)C)Oc2ccc(C(C)(C)C)cc2C(C)(C)C)c(C(C)(C)C)c1.[C-]#[O+].[C-]#[O+].[C-]#[O+].[Ni]. The van der Waals surface area contributed by atoms with E-state index in [9.17, 15) is 0 Å². The molecule has 0 heterocycles. The predicted octanol–water partition coefficient (Wildman–Crippen LogP) is 13.1. The normalized spacial score (nSPS) is 11.9. The van der Waals surface area contributed by atoms with Crippen LogP contribution >= 0.6 is 8.60 Å². The van der Waals surface area contributed by atoms with Gasteiger partial charge in [-0.15, -0.1) is 0 Å². The predicted molar refractivity (Wildman–Crippen MR) is 212 cm³/mol. The summed E-state index contributed by atoms with van der Waals surface area (Å²) in [6.07, 6.45) is 0. The molecule has 0 radical (unpaired) electrons. The molecule has 0 atom stereocenters. The Morgan fingerprint density at radius 3 is 0.698 bits per heavy atom. The van der Waals surface area contributed by atoms with Crippen molar-refractivity contribution in [1.82, 2.24) is 0 Å². The van der Waals surface area contributed by atoms with Crippen molar-refractivity contribution in [2.75, 3.05) is 0 Å². The van der Waals surface area contributed by atoms with Crippen molar-refractivity contribution in [3.63, 3.8) is 0 Å². The molecular weight excluding hydrogens is 726 g/mol. The van der Waals surface area contributed by atoms with Gasteiger partial charge in [0, 0.05) is 33.2 Å². The summed E-state index contributed by atoms with van der Waals surface area (Å²) >= 11 is 0. The molecule has 0 N–H and O–H groups in total. The third-order valence-electron chi connectivity index (χ3n) is 8.48. The van der Waals surface area contributed by atoms with Gasteiger partial charge in [-0.25, -0.2) is 0 Å². The molecule has 0 bridgehead atoms. The minimum atomic E-state index is -1.89. The molecule has 0 fully saturated rings. The van der Waals surface area contributed by atoms with Crippen LogP contribution in [-0.4, -0.2) is 0 Å². The Kier molecular flexibility index (Phi) is 20.0. The van der Waals surface area contributed by atoms with Crippen molar-refractivity contribution >= 4 is 8.60 Å². The van der Waals surface area contributed by atoms with Crippen molar-refractivity contribution < 1.29 is 44.0 Å². The fourth-order valence-electron chi connectivity index (χ4n) is 5.28. The Morgan fingerprint density at radius 1 is 0.358 bits per heavy atom. The van der Waals surface area contributed by atoms with Crippen LogP contribution in [0.25, 0.3) is 0 Å². The van der Waals surface area contributed by atoms with Crippen LogP contribution in [0.3, 0.4) is 0 Å². The molecule has 0 aromatic heterocycles. The standard InChI is InChI=1S/C42H63O3P.3CO.Ni/c1-37(2,3)28-19-22-34(31(25-28)40(10,11)12)43-46(44-35-23-20-29(38(4,5)6)26-32(35)41(13,14)15)45-36-24-21-30(39(7,8)9)27-33(36)42(16,17)18;3*1-2;/h19-27H,1-18H3;;;;. The number of benzene rings is 3. The van der Waals surface area contributed by atoms with E-state index >= 15 is 0 Å². The van der Waals surface area contributed by atoms with Crippen molar-refractivity contribution in [1.29, 1.82) is 0 Å². The van der Waals surface area contributed by atoms with Gasteiger partial charge in [-0.05, 0) is 67.4 Å². The van der Waals surface area contributed by atoms with E-state index in [1.807, 2.05) is 0 Å². The summed E-state index contributed by atoms with van der Waals surface area (Å²) in [5.41, 5.74) is 6.85. The molecule has 0 saturated carbocycles. The second kappa shape index (κ2) is 20.2. The van der Waals surface area contributed by atoms with E-state index in [0.717, 1.165) is 33.9 Å². The molecule has 6 nitrogen and oxygen atoms in total. The molecule has 3 rings (SSSR count). The van der Waals surface area contributed by atoms with Crippen molar-refractivity contribution in [3.05, 3.63) is 108 Å². The summed E-state index contributed by atoms with van der Waals surface area (Å²) in [6.45, 7) is 53.8. The number of rotatable bonds is 6. The molecule has 0 spiro atoms. The molecule has 0 saturated heterocycles. The molecule has 8 heteroatoms. The quantitative estimate of drug-likeness (QED) is 0.108. The Hall–Kier alpha value is -2.80. The summed E-state index contributed by atoms with van der Waals surface area (Å²) in [6, 6.07) is 19.7. The smallest absolute Gasteiger partial charge is 0 e. The van der Waals surface area contributed by atoms with Gasteiger partial charge in [0.1, 0.15) is 17.2 Å². The molecule has 0 unspecified atom stereocenters. The van der Waals surface area contributed by atoms with E-state index in [0.29, 0.717) is 0 Å². The van der Waals surface area contributed by atoms with Gasteiger partial charge in [0.25, 0.3) is 0 Å². The Morgan fingerprint density at radius 2 is 0.547 bits per heavy atom. The number of hydrogen-bond donors (Lipinski definition) is 0. The summed E-state index contributed by atoms with van der Waals surface area (Å²) < 4.78 is 43.2. The molecule has 0 aliphatic rings. The molecule has 0 amide bonds. The Bertz CT molecular complexity index is 1460. The van der Waals surface area contributed by atoms with Crippen molar-refractivity contribution in [2.45, 2.75) is 157 Å². The van der Waals surface area contributed by atoms with Crippen LogP contribution in [0.1, 0.15) is 158 Å². The fraction of sp³-hybridized carbons (Fsp3) is 0.533. The summed E-state index contributed by atoms with van der Waals surface area (Å²) in [5.74, 6) is 2.37. The van der Waals surface area contributed by atoms with E-state index in [4.69, 9.17) is 27.5 Å². The zero-order valence-corrected chi connectivity index (χ0v) is 37.3. The van der Waals surface area contributed by atoms with E-state index in [1.54, 1.807) is 0 Å². The van der Waals surface area contributed by atoms with Crippen LogP contribution in [-0.2, 0) is 62.9 Å². The van der Waals surface area contributed by atoms with Crippen LogP contribution in [0.4, 0.5) is 0 Å². The van der Waals surface area contributed by atoms with Gasteiger partial charge in [0.15, 0.2) is 0 Å². The molecule has 294 valence electrons. The van der Waals surface area contributed by atoms with Gasteiger partial charge in [-0.3, -0.25) is 0 Å². The molecule has 0 aliphatic heterocycles. The van der Waals surface area contributed by atoms with E-state index < -0.39 is 8.60 Å². The van der Waals surface area contributed by atoms with Gasteiger partial charge in [0.2, 0.25) is 0 Å². The van der Waals surface area contributed by atoms with E-state index in [-0.39, 0.29) is 49.0 Å². The van der Waals surface area contributed by atoms with Crippen LogP contribution in [0, 0.1) is 20.0 Å². The Balaban J connectivity index is 0. The van der Waals surface area contributed by atoms with Gasteiger partial charge >= 0.3 is 42.5 Å². The fourth-order valence-corrected chi connectivity index (χ4v) is 6.35. The topological polar surface area (TPSA) is 87.4 Å². The van der Waals surface area contributed by atoms with Gasteiger partial charge < -0.3 is 13.6 Å². The second-order valence-electron chi connectivity index (χ2n) is 19.1. The van der Waals surface area contributed by atoms with Gasteiger partial charge in [0.05, 0.1) is 0 Å². The summed E-state index contributed by atoms with van der Waals surface area (Å²) in [5, 5.41) is 0. The first-order valence-electron chi connectivity index (χ1n) is 17.5. The minimum Gasteiger partial charge on any atom is 0 e. The second-order valence-corrected chi connectivity index (χ2v) is 20.1. The molecule has 53 heavy (non-hydrogen) atoms. The van der Waals surface area contributed by atoms with Crippen LogP contribution in [0.5, 0.6) is 17.2 Å². The van der Waals surface area contributed by atoms with Crippen LogP contribution < -0.4 is 13.6 Å². The monoisotopic (exact) mass is 788 g/mol. The first-order valence-corrected chi connectivity index (χ1v) is 18.6. The maximum Gasteiger partial charge on any atom is 0 e. The summed E-state index contributed by atoms with van der Waals surface area (Å²) in [4.78, 5) is 0. The van der Waals surface area contributed by atoms with Crippen molar-refractivity contribution in [3.8, 4) is 17.2 Å². The molecule has 0 aliphatic carbocycles. The maximum absolute atomic E-state index is 7.50. The van der Waals surface area contributed by atoms with Crippen molar-refractivity contribution in [2.24, 2.45) is 0 Å². The summed E-state index contributed by atoms with van der Waals surface area (Å²) in [7, 11) is -1.89. The largest absolute Gasteiger partial charge is 0 e. The zero-order chi connectivity index (χ0) is 41.3. The average molecular weight is 790 g/mol. The Labute approximate surface area is 333 Å². The van der Waals surface area contributed by atoms with Crippen LogP contribution in [0.15, 0.2) is 54.6 Å². The van der Waals surface area contributed by atoms with Gasteiger partial charge in [-0.1, -0.05) is 161 Å². The van der Waals surface area contributed by atoms with E-state index in [1.165, 1.54) is 16.7 Å². The zero-order valence-electron chi connectivity index (χ0n) is 35.4.